The van der Waals surface area contributed by atoms with Gasteiger partial charge in [0.1, 0.15) is 0 Å². The van der Waals surface area contributed by atoms with Gasteiger partial charge in [-0.15, -0.1) is 11.3 Å². The third kappa shape index (κ3) is 2.52. The molecule has 6 heteroatoms. The van der Waals surface area contributed by atoms with Crippen molar-refractivity contribution < 1.29 is 8.42 Å². The molecule has 0 bridgehead atoms. The molecule has 1 aromatic rings. The van der Waals surface area contributed by atoms with Crippen molar-refractivity contribution in [1.29, 1.82) is 0 Å². The van der Waals surface area contributed by atoms with Crippen molar-refractivity contribution in [3.05, 3.63) is 16.6 Å². The summed E-state index contributed by atoms with van der Waals surface area (Å²) < 4.78 is 22.3. The molecule has 1 fully saturated rings. The van der Waals surface area contributed by atoms with Gasteiger partial charge in [-0.05, 0) is 6.42 Å². The van der Waals surface area contributed by atoms with Crippen molar-refractivity contribution in [3.63, 3.8) is 0 Å². The minimum atomic E-state index is -2.77. The molecule has 1 aliphatic heterocycles. The highest BCUT2D eigenvalue weighted by Gasteiger charge is 2.27. The van der Waals surface area contributed by atoms with E-state index in [2.05, 4.69) is 10.3 Å². The van der Waals surface area contributed by atoms with E-state index in [4.69, 9.17) is 0 Å². The Hall–Kier alpha value is -0.460. The predicted molar refractivity (Wildman–Crippen MR) is 56.0 cm³/mol. The summed E-state index contributed by atoms with van der Waals surface area (Å²) >= 11 is 1.55. The van der Waals surface area contributed by atoms with Gasteiger partial charge in [0.05, 0.1) is 22.7 Å². The lowest BCUT2D eigenvalue weighted by atomic mass is 10.2. The van der Waals surface area contributed by atoms with Gasteiger partial charge in [0.2, 0.25) is 0 Å². The fraction of sp³-hybridized carbons (Fsp3) is 0.625. The minimum absolute atomic E-state index is 0.113. The maximum absolute atomic E-state index is 11.1. The lowest BCUT2D eigenvalue weighted by Gasteiger charge is -2.08. The fourth-order valence-corrected chi connectivity index (χ4v) is 3.80. The first-order valence-corrected chi connectivity index (χ1v) is 7.23. The van der Waals surface area contributed by atoms with Gasteiger partial charge in [-0.3, -0.25) is 0 Å². The zero-order valence-corrected chi connectivity index (χ0v) is 9.27. The highest BCUT2D eigenvalue weighted by atomic mass is 32.2. The van der Waals surface area contributed by atoms with E-state index in [0.29, 0.717) is 12.3 Å². The molecule has 0 aromatic carbocycles. The van der Waals surface area contributed by atoms with Crippen LogP contribution in [0.4, 0.5) is 0 Å². The van der Waals surface area contributed by atoms with Crippen LogP contribution in [-0.4, -0.2) is 30.9 Å². The SMILES string of the molecule is O=S1(=O)CCC(NCc2cscn2)C1. The van der Waals surface area contributed by atoms with Crippen molar-refractivity contribution in [1.82, 2.24) is 10.3 Å². The Kier molecular flexibility index (Phi) is 2.85. The van der Waals surface area contributed by atoms with E-state index in [1.165, 1.54) is 0 Å². The molecule has 1 aliphatic rings. The molecule has 1 N–H and O–H groups in total. The van der Waals surface area contributed by atoms with Crippen LogP contribution in [-0.2, 0) is 16.4 Å². The molecule has 78 valence electrons. The maximum Gasteiger partial charge on any atom is 0.151 e. The van der Waals surface area contributed by atoms with Gasteiger partial charge in [-0.1, -0.05) is 0 Å². The monoisotopic (exact) mass is 232 g/mol. The summed E-state index contributed by atoms with van der Waals surface area (Å²) in [6.45, 7) is 0.670. The van der Waals surface area contributed by atoms with Crippen LogP contribution < -0.4 is 5.32 Å². The van der Waals surface area contributed by atoms with Gasteiger partial charge in [-0.2, -0.15) is 0 Å². The molecule has 4 nitrogen and oxygen atoms in total. The molecule has 0 saturated carbocycles. The fourth-order valence-electron chi connectivity index (χ4n) is 1.53. The quantitative estimate of drug-likeness (QED) is 0.820. The van der Waals surface area contributed by atoms with Gasteiger partial charge in [-0.25, -0.2) is 13.4 Å². The number of hydrogen-bond acceptors (Lipinski definition) is 5. The molecule has 1 aromatic heterocycles. The highest BCUT2D eigenvalue weighted by molar-refractivity contribution is 7.91. The van der Waals surface area contributed by atoms with E-state index in [0.717, 1.165) is 12.1 Å². The average molecular weight is 232 g/mol. The summed E-state index contributed by atoms with van der Waals surface area (Å²) in [4.78, 5) is 4.12. The number of aromatic nitrogens is 1. The van der Waals surface area contributed by atoms with Crippen molar-refractivity contribution >= 4 is 21.2 Å². The Balaban J connectivity index is 1.83. The lowest BCUT2D eigenvalue weighted by molar-refractivity contribution is 0.550. The minimum Gasteiger partial charge on any atom is -0.307 e. The van der Waals surface area contributed by atoms with E-state index in [1.54, 1.807) is 16.8 Å². The van der Waals surface area contributed by atoms with Crippen LogP contribution >= 0.6 is 11.3 Å². The zero-order chi connectivity index (χ0) is 10.0. The Morgan fingerprint density at radius 2 is 2.50 bits per heavy atom. The molecular formula is C8H12N2O2S2. The van der Waals surface area contributed by atoms with Crippen molar-refractivity contribution in [2.75, 3.05) is 11.5 Å². The number of sulfone groups is 1. The second-order valence-electron chi connectivity index (χ2n) is 3.46. The standard InChI is InChI=1S/C8H12N2O2S2/c11-14(12)2-1-7(5-14)9-3-8-4-13-6-10-8/h4,6-7,9H,1-3,5H2. The largest absolute Gasteiger partial charge is 0.307 e. The molecule has 14 heavy (non-hydrogen) atoms. The summed E-state index contributed by atoms with van der Waals surface area (Å²) in [5, 5.41) is 5.17. The van der Waals surface area contributed by atoms with E-state index in [9.17, 15) is 8.42 Å². The molecule has 1 atom stereocenters. The van der Waals surface area contributed by atoms with Crippen LogP contribution in [0.3, 0.4) is 0 Å². The summed E-state index contributed by atoms with van der Waals surface area (Å²) in [6, 6.07) is 0.113. The van der Waals surface area contributed by atoms with Crippen molar-refractivity contribution in [2.45, 2.75) is 19.0 Å². The van der Waals surface area contributed by atoms with Crippen LogP contribution in [0.2, 0.25) is 0 Å². The van der Waals surface area contributed by atoms with Gasteiger partial charge in [0.15, 0.2) is 9.84 Å². The third-order valence-corrected chi connectivity index (χ3v) is 4.69. The number of hydrogen-bond donors (Lipinski definition) is 1. The molecule has 1 saturated heterocycles. The molecule has 0 aliphatic carbocycles. The molecular weight excluding hydrogens is 220 g/mol. The molecule has 2 heterocycles. The van der Waals surface area contributed by atoms with Crippen molar-refractivity contribution in [2.24, 2.45) is 0 Å². The molecule has 0 spiro atoms. The van der Waals surface area contributed by atoms with Crippen LogP contribution in [0.5, 0.6) is 0 Å². The Bertz CT molecular complexity index is 385. The van der Waals surface area contributed by atoms with Crippen LogP contribution in [0.1, 0.15) is 12.1 Å². The van der Waals surface area contributed by atoms with E-state index < -0.39 is 9.84 Å². The smallest absolute Gasteiger partial charge is 0.151 e. The van der Waals surface area contributed by atoms with E-state index in [-0.39, 0.29) is 11.8 Å². The molecule has 1 unspecified atom stereocenters. The molecule has 2 rings (SSSR count). The summed E-state index contributed by atoms with van der Waals surface area (Å²) in [5.41, 5.74) is 2.77. The zero-order valence-electron chi connectivity index (χ0n) is 7.64. The number of nitrogens with one attached hydrogen (secondary N) is 1. The second-order valence-corrected chi connectivity index (χ2v) is 6.41. The van der Waals surface area contributed by atoms with E-state index in [1.807, 2.05) is 5.38 Å². The van der Waals surface area contributed by atoms with Gasteiger partial charge >= 0.3 is 0 Å². The summed E-state index contributed by atoms with van der Waals surface area (Å²) in [7, 11) is -2.77. The molecule has 0 radical (unpaired) electrons. The van der Waals surface area contributed by atoms with Crippen LogP contribution in [0.25, 0.3) is 0 Å². The predicted octanol–water partition coefficient (Wildman–Crippen LogP) is 0.420. The first-order valence-electron chi connectivity index (χ1n) is 4.46. The van der Waals surface area contributed by atoms with Crippen LogP contribution in [0.15, 0.2) is 10.9 Å². The lowest BCUT2D eigenvalue weighted by Crippen LogP contribution is -2.29. The van der Waals surface area contributed by atoms with Crippen LogP contribution in [0, 0.1) is 0 Å². The third-order valence-electron chi connectivity index (χ3n) is 2.29. The number of thiazole rings is 1. The second kappa shape index (κ2) is 3.96. The number of nitrogens with zero attached hydrogens (tertiary/aromatic N) is 1. The first kappa shape index (κ1) is 10.1. The average Bonchev–Trinajstić information content (AvgIpc) is 2.70. The molecule has 0 amide bonds. The summed E-state index contributed by atoms with van der Waals surface area (Å²) in [6.07, 6.45) is 0.729. The van der Waals surface area contributed by atoms with E-state index >= 15 is 0 Å². The maximum atomic E-state index is 11.1. The van der Waals surface area contributed by atoms with Crippen molar-refractivity contribution in [3.8, 4) is 0 Å². The Morgan fingerprint density at radius 3 is 3.07 bits per heavy atom. The van der Waals surface area contributed by atoms with Gasteiger partial charge < -0.3 is 5.32 Å². The first-order chi connectivity index (χ1) is 6.66. The summed E-state index contributed by atoms with van der Waals surface area (Å²) in [5.74, 6) is 0.596. The van der Waals surface area contributed by atoms with Gasteiger partial charge in [0.25, 0.3) is 0 Å². The Morgan fingerprint density at radius 1 is 1.64 bits per heavy atom. The highest BCUT2D eigenvalue weighted by Crippen LogP contribution is 2.12. The Labute approximate surface area is 87.3 Å². The normalized spacial score (nSPS) is 25.3. The number of rotatable bonds is 3. The topological polar surface area (TPSA) is 59.1 Å². The van der Waals surface area contributed by atoms with Gasteiger partial charge in [0, 0.05) is 18.0 Å².